The van der Waals surface area contributed by atoms with Crippen LogP contribution in [0.1, 0.15) is 21.5 Å². The molecule has 0 radical (unpaired) electrons. The van der Waals surface area contributed by atoms with Crippen molar-refractivity contribution in [3.8, 4) is 5.75 Å². The van der Waals surface area contributed by atoms with Gasteiger partial charge in [0.2, 0.25) is 10.0 Å². The predicted octanol–water partition coefficient (Wildman–Crippen LogP) is 3.47. The van der Waals surface area contributed by atoms with E-state index in [1.807, 2.05) is 60.4 Å². The lowest BCUT2D eigenvalue weighted by atomic mass is 10.1. The molecule has 206 valence electrons. The van der Waals surface area contributed by atoms with Gasteiger partial charge in [0.15, 0.2) is 0 Å². The molecule has 5 rings (SSSR count). The summed E-state index contributed by atoms with van der Waals surface area (Å²) in [6, 6.07) is 22.9. The van der Waals surface area contributed by atoms with Gasteiger partial charge >= 0.3 is 0 Å². The highest BCUT2D eigenvalue weighted by Gasteiger charge is 2.28. The first-order valence-electron chi connectivity index (χ1n) is 13.4. The van der Waals surface area contributed by atoms with E-state index in [9.17, 15) is 13.2 Å². The van der Waals surface area contributed by atoms with Crippen LogP contribution in [0.5, 0.6) is 5.75 Å². The Morgan fingerprint density at radius 3 is 1.97 bits per heavy atom. The van der Waals surface area contributed by atoms with Crippen molar-refractivity contribution < 1.29 is 17.9 Å². The molecule has 2 heterocycles. The van der Waals surface area contributed by atoms with Crippen LogP contribution in [-0.4, -0.2) is 87.9 Å². The number of ether oxygens (including phenoxy) is 1. The maximum absolute atomic E-state index is 13.1. The monoisotopic (exact) mass is 548 g/mol. The van der Waals surface area contributed by atoms with E-state index in [4.69, 9.17) is 4.74 Å². The number of rotatable bonds is 7. The second-order valence-corrected chi connectivity index (χ2v) is 12.1. The minimum atomic E-state index is -3.47. The van der Waals surface area contributed by atoms with E-state index in [1.54, 1.807) is 23.5 Å². The normalized spacial score (nSPS) is 17.3. The molecule has 39 heavy (non-hydrogen) atoms. The van der Waals surface area contributed by atoms with Crippen LogP contribution in [0.25, 0.3) is 0 Å². The van der Waals surface area contributed by atoms with Crippen molar-refractivity contribution in [1.82, 2.24) is 14.1 Å². The van der Waals surface area contributed by atoms with Crippen LogP contribution in [0.15, 0.2) is 77.7 Å². The molecule has 0 saturated carbocycles. The van der Waals surface area contributed by atoms with Gasteiger partial charge in [0.1, 0.15) is 5.75 Å². The summed E-state index contributed by atoms with van der Waals surface area (Å²) in [5.41, 5.74) is 4.00. The summed E-state index contributed by atoms with van der Waals surface area (Å²) in [6.45, 7) is 7.91. The maximum atomic E-state index is 13.1. The molecule has 0 unspecified atom stereocenters. The van der Waals surface area contributed by atoms with Gasteiger partial charge in [-0.15, -0.1) is 0 Å². The van der Waals surface area contributed by atoms with Gasteiger partial charge in [0.25, 0.3) is 5.91 Å². The van der Waals surface area contributed by atoms with Crippen LogP contribution in [0.2, 0.25) is 0 Å². The molecule has 2 saturated heterocycles. The first kappa shape index (κ1) is 27.2. The Kier molecular flexibility index (Phi) is 8.20. The predicted molar refractivity (Wildman–Crippen MR) is 153 cm³/mol. The largest absolute Gasteiger partial charge is 0.497 e. The summed E-state index contributed by atoms with van der Waals surface area (Å²) >= 11 is 0. The van der Waals surface area contributed by atoms with Crippen molar-refractivity contribution in [2.24, 2.45) is 0 Å². The smallest absolute Gasteiger partial charge is 0.253 e. The van der Waals surface area contributed by atoms with Gasteiger partial charge in [0, 0.05) is 70.2 Å². The lowest BCUT2D eigenvalue weighted by Crippen LogP contribution is -2.48. The highest BCUT2D eigenvalue weighted by molar-refractivity contribution is 7.89. The maximum Gasteiger partial charge on any atom is 0.253 e. The highest BCUT2D eigenvalue weighted by Crippen LogP contribution is 2.22. The SMILES string of the molecule is COc1ccc(N2CCN(C(=O)c3ccc(CN4CCN(S(=O)(=O)c5ccc(C)cc5)CC4)cc3)CC2)cc1. The standard InChI is InChI=1S/C30H36N4O4S/c1-24-3-13-29(14-4-24)39(36,37)34-21-15-31(16-22-34)23-25-5-7-26(8-6-25)30(35)33-19-17-32(18-20-33)27-9-11-28(38-2)12-10-27/h3-14H,15-23H2,1-2H3. The molecule has 3 aromatic carbocycles. The summed E-state index contributed by atoms with van der Waals surface area (Å²) in [5.74, 6) is 0.898. The number of carbonyl (C=O) groups excluding carboxylic acids is 1. The Labute approximate surface area is 231 Å². The molecule has 0 N–H and O–H groups in total. The average molecular weight is 549 g/mol. The third-order valence-corrected chi connectivity index (χ3v) is 9.51. The first-order valence-corrected chi connectivity index (χ1v) is 14.8. The van der Waals surface area contributed by atoms with Crippen molar-refractivity contribution in [3.63, 3.8) is 0 Å². The molecular formula is C30H36N4O4S. The van der Waals surface area contributed by atoms with Crippen molar-refractivity contribution in [3.05, 3.63) is 89.5 Å². The van der Waals surface area contributed by atoms with E-state index < -0.39 is 10.0 Å². The molecule has 2 fully saturated rings. The van der Waals surface area contributed by atoms with Crippen LogP contribution < -0.4 is 9.64 Å². The summed E-state index contributed by atoms with van der Waals surface area (Å²) < 4.78 is 32.8. The van der Waals surface area contributed by atoms with Crippen molar-refractivity contribution >= 4 is 21.6 Å². The number of piperazine rings is 2. The van der Waals surface area contributed by atoms with Gasteiger partial charge in [-0.1, -0.05) is 29.8 Å². The molecule has 0 atom stereocenters. The Bertz CT molecular complexity index is 1360. The Morgan fingerprint density at radius 1 is 0.769 bits per heavy atom. The van der Waals surface area contributed by atoms with Crippen molar-refractivity contribution in [2.75, 3.05) is 64.4 Å². The topological polar surface area (TPSA) is 73.4 Å². The first-order chi connectivity index (χ1) is 18.8. The van der Waals surface area contributed by atoms with Crippen molar-refractivity contribution in [2.45, 2.75) is 18.4 Å². The molecular weight excluding hydrogens is 512 g/mol. The van der Waals surface area contributed by atoms with Crippen LogP contribution in [0.4, 0.5) is 5.69 Å². The van der Waals surface area contributed by atoms with E-state index in [0.29, 0.717) is 49.7 Å². The molecule has 0 aliphatic carbocycles. The summed E-state index contributed by atoms with van der Waals surface area (Å²) in [7, 11) is -1.80. The Hall–Kier alpha value is -3.40. The number of nitrogens with zero attached hydrogens (tertiary/aromatic N) is 4. The molecule has 9 heteroatoms. The number of hydrogen-bond acceptors (Lipinski definition) is 6. The number of hydrogen-bond donors (Lipinski definition) is 0. The Balaban J connectivity index is 1.10. The molecule has 1 amide bonds. The number of sulfonamides is 1. The van der Waals surface area contributed by atoms with E-state index in [1.165, 1.54) is 0 Å². The minimum absolute atomic E-state index is 0.0610. The molecule has 0 spiro atoms. The van der Waals surface area contributed by atoms with Gasteiger partial charge < -0.3 is 14.5 Å². The number of amides is 1. The molecule has 3 aromatic rings. The third kappa shape index (κ3) is 6.27. The van der Waals surface area contributed by atoms with Crippen LogP contribution in [-0.2, 0) is 16.6 Å². The number of methoxy groups -OCH3 is 1. The average Bonchev–Trinajstić information content (AvgIpc) is 2.98. The number of carbonyl (C=O) groups is 1. The zero-order valence-corrected chi connectivity index (χ0v) is 23.4. The fourth-order valence-corrected chi connectivity index (χ4v) is 6.56. The zero-order valence-electron chi connectivity index (χ0n) is 22.6. The highest BCUT2D eigenvalue weighted by atomic mass is 32.2. The molecule has 0 aromatic heterocycles. The lowest BCUT2D eigenvalue weighted by molar-refractivity contribution is 0.0746. The quantitative estimate of drug-likeness (QED) is 0.450. The number of anilines is 1. The van der Waals surface area contributed by atoms with Crippen LogP contribution >= 0.6 is 0 Å². The van der Waals surface area contributed by atoms with Gasteiger partial charge in [0.05, 0.1) is 12.0 Å². The van der Waals surface area contributed by atoms with Gasteiger partial charge in [-0.05, 0) is 61.0 Å². The molecule has 8 nitrogen and oxygen atoms in total. The second-order valence-electron chi connectivity index (χ2n) is 10.2. The molecule has 2 aliphatic heterocycles. The summed E-state index contributed by atoms with van der Waals surface area (Å²) in [4.78, 5) is 19.9. The number of benzene rings is 3. The minimum Gasteiger partial charge on any atom is -0.497 e. The second kappa shape index (κ2) is 11.8. The van der Waals surface area contributed by atoms with Crippen molar-refractivity contribution in [1.29, 1.82) is 0 Å². The van der Waals surface area contributed by atoms with Crippen LogP contribution in [0.3, 0.4) is 0 Å². The fraction of sp³-hybridized carbons (Fsp3) is 0.367. The van der Waals surface area contributed by atoms with E-state index in [2.05, 4.69) is 21.9 Å². The Morgan fingerprint density at radius 2 is 1.38 bits per heavy atom. The zero-order chi connectivity index (χ0) is 27.4. The third-order valence-electron chi connectivity index (χ3n) is 7.60. The van der Waals surface area contributed by atoms with Crippen LogP contribution in [0, 0.1) is 6.92 Å². The molecule has 0 bridgehead atoms. The van der Waals surface area contributed by atoms with Gasteiger partial charge in [-0.3, -0.25) is 9.69 Å². The fourth-order valence-electron chi connectivity index (χ4n) is 5.14. The summed E-state index contributed by atoms with van der Waals surface area (Å²) in [6.07, 6.45) is 0. The summed E-state index contributed by atoms with van der Waals surface area (Å²) in [5, 5.41) is 0. The van der Waals surface area contributed by atoms with E-state index in [-0.39, 0.29) is 5.91 Å². The van der Waals surface area contributed by atoms with Gasteiger partial charge in [-0.25, -0.2) is 8.42 Å². The number of aryl methyl sites for hydroxylation is 1. The lowest BCUT2D eigenvalue weighted by Gasteiger charge is -2.36. The van der Waals surface area contributed by atoms with Gasteiger partial charge in [-0.2, -0.15) is 4.31 Å². The van der Waals surface area contributed by atoms with E-state index >= 15 is 0 Å². The molecule has 2 aliphatic rings. The van der Waals surface area contributed by atoms with E-state index in [0.717, 1.165) is 42.2 Å².